The highest BCUT2D eigenvalue weighted by Crippen LogP contribution is 2.54. The normalized spacial score (nSPS) is 11.7. The predicted octanol–water partition coefficient (Wildman–Crippen LogP) is 37.2. The van der Waals surface area contributed by atoms with E-state index in [2.05, 4.69) is 562 Å². The van der Waals surface area contributed by atoms with Crippen LogP contribution in [0.2, 0.25) is 0 Å². The molecule has 27 aromatic rings. The molecular weight excluding hydrogens is 1690 g/mol. The molecule has 6 heteroatoms. The van der Waals surface area contributed by atoms with Gasteiger partial charge in [-0.1, -0.05) is 376 Å². The number of hydrogen-bond donors (Lipinski definition) is 0. The van der Waals surface area contributed by atoms with Crippen molar-refractivity contribution < 1.29 is 0 Å². The van der Waals surface area contributed by atoms with Crippen LogP contribution in [0.4, 0.5) is 51.2 Å². The molecule has 0 bridgehead atoms. The molecule has 24 aromatic carbocycles. The van der Waals surface area contributed by atoms with E-state index in [0.29, 0.717) is 0 Å². The monoisotopic (exact) mass is 1780 g/mol. The Morgan fingerprint density at radius 3 is 0.643 bits per heavy atom. The van der Waals surface area contributed by atoms with Gasteiger partial charge in [-0.05, 0) is 241 Å². The van der Waals surface area contributed by atoms with Gasteiger partial charge in [-0.25, -0.2) is 0 Å². The van der Waals surface area contributed by atoms with Gasteiger partial charge < -0.3 is 28.4 Å². The third kappa shape index (κ3) is 13.8. The summed E-state index contributed by atoms with van der Waals surface area (Å²) in [5.41, 5.74) is 32.8. The fourth-order valence-corrected chi connectivity index (χ4v) is 22.2. The molecule has 0 saturated carbocycles. The van der Waals surface area contributed by atoms with Crippen LogP contribution in [0.15, 0.2) is 534 Å². The van der Waals surface area contributed by atoms with Crippen LogP contribution in [0.5, 0.6) is 0 Å². The maximum Gasteiger partial charge on any atom is 0.0542 e. The third-order valence-electron chi connectivity index (χ3n) is 28.7. The van der Waals surface area contributed by atoms with E-state index in [1.54, 1.807) is 0 Å². The zero-order valence-corrected chi connectivity index (χ0v) is 76.5. The van der Waals surface area contributed by atoms with Crippen molar-refractivity contribution in [1.82, 2.24) is 13.7 Å². The summed E-state index contributed by atoms with van der Waals surface area (Å²) in [5, 5.41) is 18.1. The van der Waals surface area contributed by atoms with E-state index < -0.39 is 0 Å². The standard InChI is InChI=1S/C134H88N6/c1-7-32-89(33-8-1)98-60-70-129-116(80-98)117-81-99(90-34-9-2-10-35-90)61-71-130(117)136(129)105-68-66-104(67-69-105)135(122-57-29-47-95-44-19-22-50-109(95)122)106-86-107(137(123-58-30-48-96-45-20-23-51-110(96)123)125-76-78-127(114-55-27-25-53-112(114)125)139-131-72-62-100(91-36-11-3-12-37-91)82-118(131)119-83-101(63-73-132(119)139)92-38-13-4-14-39-92)88-108(87-106)138(124-59-31-49-97-46-21-24-52-111(97)124)126-77-79-128(115-56-28-26-54-113(115)126)140-133-74-64-102(93-40-15-5-16-41-93)84-120(133)121-85-103(65-75-134(121)140)94-42-17-6-18-43-94/h1-88H. The average molecular weight is 1780 g/mol. The van der Waals surface area contributed by atoms with Crippen LogP contribution in [-0.4, -0.2) is 13.7 Å². The van der Waals surface area contributed by atoms with Crippen molar-refractivity contribution in [3.63, 3.8) is 0 Å². The molecular formula is C134H88N6. The van der Waals surface area contributed by atoms with E-state index in [0.717, 1.165) is 155 Å². The summed E-state index contributed by atoms with van der Waals surface area (Å²) in [5.74, 6) is 0. The minimum Gasteiger partial charge on any atom is -0.310 e. The zero-order chi connectivity index (χ0) is 92.2. The van der Waals surface area contributed by atoms with Crippen LogP contribution < -0.4 is 14.7 Å². The first-order chi connectivity index (χ1) is 69.4. The maximum atomic E-state index is 2.57. The van der Waals surface area contributed by atoms with Gasteiger partial charge in [0.2, 0.25) is 0 Å². The number of rotatable bonds is 18. The Hall–Kier alpha value is -18.6. The van der Waals surface area contributed by atoms with E-state index in [4.69, 9.17) is 0 Å². The van der Waals surface area contributed by atoms with Crippen molar-refractivity contribution in [3.8, 4) is 83.8 Å². The minimum atomic E-state index is 0.933. The first-order valence-electron chi connectivity index (χ1n) is 48.2. The Labute approximate surface area is 810 Å². The molecule has 0 unspecified atom stereocenters. The maximum absolute atomic E-state index is 2.57. The zero-order valence-electron chi connectivity index (χ0n) is 76.5. The number of nitrogens with zero attached hydrogens (tertiary/aromatic N) is 6. The lowest BCUT2D eigenvalue weighted by atomic mass is 10.00. The van der Waals surface area contributed by atoms with Gasteiger partial charge in [-0.15, -0.1) is 0 Å². The van der Waals surface area contributed by atoms with Gasteiger partial charge in [-0.2, -0.15) is 0 Å². The number of benzene rings is 24. The molecule has 0 aliphatic rings. The number of aromatic nitrogens is 3. The van der Waals surface area contributed by atoms with Crippen LogP contribution >= 0.6 is 0 Å². The molecule has 0 N–H and O–H groups in total. The van der Waals surface area contributed by atoms with Gasteiger partial charge in [-0.3, -0.25) is 0 Å². The second kappa shape index (κ2) is 33.8. The molecule has 140 heavy (non-hydrogen) atoms. The van der Waals surface area contributed by atoms with Crippen LogP contribution in [-0.2, 0) is 0 Å². The molecule has 0 saturated heterocycles. The largest absolute Gasteiger partial charge is 0.310 e. The van der Waals surface area contributed by atoms with Crippen LogP contribution in [0, 0.1) is 0 Å². The highest BCUT2D eigenvalue weighted by molar-refractivity contribution is 6.19. The van der Waals surface area contributed by atoms with Gasteiger partial charge in [0.15, 0.2) is 0 Å². The molecule has 0 fully saturated rings. The Bertz CT molecular complexity index is 8870. The molecule has 6 nitrogen and oxygen atoms in total. The van der Waals surface area contributed by atoms with Crippen molar-refractivity contribution in [2.24, 2.45) is 0 Å². The van der Waals surface area contributed by atoms with Crippen LogP contribution in [0.1, 0.15) is 0 Å². The molecule has 654 valence electrons. The minimum absolute atomic E-state index is 0.933. The molecule has 3 heterocycles. The van der Waals surface area contributed by atoms with Gasteiger partial charge in [0.1, 0.15) is 0 Å². The lowest BCUT2D eigenvalue weighted by Crippen LogP contribution is -2.17. The first-order valence-corrected chi connectivity index (χ1v) is 48.2. The van der Waals surface area contributed by atoms with Crippen LogP contribution in [0.3, 0.4) is 0 Å². The number of hydrogen-bond acceptors (Lipinski definition) is 3. The SMILES string of the molecule is c1ccc(-c2ccc3c(c2)c2cc(-c4ccccc4)ccc2n3-c2ccc(N(c3cc(N(c4cccc5ccccc45)c4ccc(-n5c6ccc(-c7ccccc7)cc6c6cc(-c7ccccc7)ccc65)c5ccccc45)cc(N(c4cccc5ccccc45)c4ccc(-n5c6ccc(-c7ccccc7)cc6c6cc(-c7ccccc7)ccc65)c5ccccc45)c3)c3cccc4ccccc34)cc2)cc1. The van der Waals surface area contributed by atoms with E-state index in [-0.39, 0.29) is 0 Å². The highest BCUT2D eigenvalue weighted by Gasteiger charge is 2.30. The quantitative estimate of drug-likeness (QED) is 0.0856. The Morgan fingerprint density at radius 1 is 0.121 bits per heavy atom. The smallest absolute Gasteiger partial charge is 0.0542 e. The van der Waals surface area contributed by atoms with E-state index in [1.807, 2.05) is 0 Å². The molecule has 0 aliphatic heterocycles. The lowest BCUT2D eigenvalue weighted by Gasteiger charge is -2.35. The Balaban J connectivity index is 0.725. The Morgan fingerprint density at radius 2 is 0.350 bits per heavy atom. The molecule has 0 radical (unpaired) electrons. The van der Waals surface area contributed by atoms with E-state index >= 15 is 0 Å². The molecule has 3 aromatic heterocycles. The predicted molar refractivity (Wildman–Crippen MR) is 594 cm³/mol. The van der Waals surface area contributed by atoms with Crippen molar-refractivity contribution in [2.75, 3.05) is 14.7 Å². The second-order valence-corrected chi connectivity index (χ2v) is 36.6. The van der Waals surface area contributed by atoms with Gasteiger partial charge in [0.05, 0.1) is 90.0 Å². The van der Waals surface area contributed by atoms with Gasteiger partial charge in [0.25, 0.3) is 0 Å². The highest BCUT2D eigenvalue weighted by atomic mass is 15.2. The summed E-state index contributed by atoms with van der Waals surface area (Å²) < 4.78 is 7.49. The van der Waals surface area contributed by atoms with E-state index in [9.17, 15) is 0 Å². The molecule has 0 spiro atoms. The average Bonchev–Trinajstić information content (AvgIpc) is 1.47. The number of fused-ring (bicyclic) bond motifs is 14. The summed E-state index contributed by atoms with van der Waals surface area (Å²) >= 11 is 0. The van der Waals surface area contributed by atoms with Crippen molar-refractivity contribution in [3.05, 3.63) is 534 Å². The molecule has 0 amide bonds. The fourth-order valence-electron chi connectivity index (χ4n) is 22.2. The fraction of sp³-hybridized carbons (Fsp3) is 0. The van der Waals surface area contributed by atoms with Crippen molar-refractivity contribution >= 4 is 170 Å². The summed E-state index contributed by atoms with van der Waals surface area (Å²) in [6.45, 7) is 0. The molecule has 0 atom stereocenters. The van der Waals surface area contributed by atoms with Gasteiger partial charge >= 0.3 is 0 Å². The molecule has 27 rings (SSSR count). The van der Waals surface area contributed by atoms with Crippen molar-refractivity contribution in [1.29, 1.82) is 0 Å². The lowest BCUT2D eigenvalue weighted by molar-refractivity contribution is 1.17. The topological polar surface area (TPSA) is 24.5 Å². The Kier molecular flexibility index (Phi) is 19.5. The summed E-state index contributed by atoms with van der Waals surface area (Å²) in [4.78, 5) is 7.67. The van der Waals surface area contributed by atoms with E-state index in [1.165, 1.54) is 99.1 Å². The van der Waals surface area contributed by atoms with Crippen LogP contribution in [0.25, 0.3) is 203 Å². The summed E-state index contributed by atoms with van der Waals surface area (Å²) in [6.07, 6.45) is 0. The summed E-state index contributed by atoms with van der Waals surface area (Å²) in [7, 11) is 0. The van der Waals surface area contributed by atoms with Gasteiger partial charge in [0, 0.05) is 81.4 Å². The van der Waals surface area contributed by atoms with Crippen molar-refractivity contribution in [2.45, 2.75) is 0 Å². The first kappa shape index (κ1) is 81.0. The second-order valence-electron chi connectivity index (χ2n) is 36.6. The number of anilines is 9. The summed E-state index contributed by atoms with van der Waals surface area (Å²) in [6, 6.07) is 199. The third-order valence-corrected chi connectivity index (χ3v) is 28.7. The molecule has 0 aliphatic carbocycles.